The summed E-state index contributed by atoms with van der Waals surface area (Å²) in [6.45, 7) is 5.08. The Balaban J connectivity index is 2.34. The predicted molar refractivity (Wildman–Crippen MR) is 55.0 cm³/mol. The molecular formula is C11H15NO2. The summed E-state index contributed by atoms with van der Waals surface area (Å²) < 4.78 is 4.94. The molecule has 1 aromatic rings. The summed E-state index contributed by atoms with van der Waals surface area (Å²) in [5, 5.41) is 3.03. The third kappa shape index (κ3) is 3.47. The Kier molecular flexibility index (Phi) is 3.98. The molecule has 0 aliphatic heterocycles. The molecular weight excluding hydrogens is 178 g/mol. The Morgan fingerprint density at radius 1 is 1.64 bits per heavy atom. The van der Waals surface area contributed by atoms with E-state index in [1.807, 2.05) is 0 Å². The molecule has 3 heteroatoms. The minimum Gasteiger partial charge on any atom is -0.461 e. The summed E-state index contributed by atoms with van der Waals surface area (Å²) in [5.41, 5.74) is 0. The molecule has 0 unspecified atom stereocenters. The fraction of sp³-hybridized carbons (Fsp3) is 0.364. The van der Waals surface area contributed by atoms with Crippen molar-refractivity contribution in [1.82, 2.24) is 5.32 Å². The van der Waals surface area contributed by atoms with Crippen LogP contribution in [0.3, 0.4) is 0 Å². The SMILES string of the molecule is CC(C)CN/C=C\C(=O)c1ccco1. The first-order valence-electron chi connectivity index (χ1n) is 4.68. The summed E-state index contributed by atoms with van der Waals surface area (Å²) in [6, 6.07) is 3.34. The van der Waals surface area contributed by atoms with Crippen LogP contribution in [0.15, 0.2) is 35.1 Å². The van der Waals surface area contributed by atoms with Crippen molar-refractivity contribution in [2.75, 3.05) is 6.54 Å². The van der Waals surface area contributed by atoms with E-state index in [-0.39, 0.29) is 5.78 Å². The summed E-state index contributed by atoms with van der Waals surface area (Å²) in [7, 11) is 0. The minimum absolute atomic E-state index is 0.119. The van der Waals surface area contributed by atoms with E-state index < -0.39 is 0 Å². The molecule has 14 heavy (non-hydrogen) atoms. The first-order valence-corrected chi connectivity index (χ1v) is 4.68. The Morgan fingerprint density at radius 2 is 2.43 bits per heavy atom. The Hall–Kier alpha value is -1.51. The van der Waals surface area contributed by atoms with Gasteiger partial charge < -0.3 is 9.73 Å². The van der Waals surface area contributed by atoms with Crippen LogP contribution in [0.25, 0.3) is 0 Å². The van der Waals surface area contributed by atoms with Gasteiger partial charge in [0.2, 0.25) is 5.78 Å². The highest BCUT2D eigenvalue weighted by molar-refractivity contribution is 6.02. The second kappa shape index (κ2) is 5.27. The molecule has 1 N–H and O–H groups in total. The van der Waals surface area contributed by atoms with Gasteiger partial charge in [0.25, 0.3) is 0 Å². The summed E-state index contributed by atoms with van der Waals surface area (Å²) >= 11 is 0. The molecule has 1 heterocycles. The van der Waals surface area contributed by atoms with Gasteiger partial charge in [0, 0.05) is 18.8 Å². The molecule has 1 aromatic heterocycles. The lowest BCUT2D eigenvalue weighted by atomic mass is 10.2. The molecule has 0 amide bonds. The van der Waals surface area contributed by atoms with Crippen molar-refractivity contribution in [3.8, 4) is 0 Å². The highest BCUT2D eigenvalue weighted by Crippen LogP contribution is 2.01. The fourth-order valence-corrected chi connectivity index (χ4v) is 0.939. The van der Waals surface area contributed by atoms with E-state index >= 15 is 0 Å². The lowest BCUT2D eigenvalue weighted by Gasteiger charge is -2.02. The largest absolute Gasteiger partial charge is 0.461 e. The van der Waals surface area contributed by atoms with E-state index in [0.29, 0.717) is 11.7 Å². The third-order valence-corrected chi connectivity index (χ3v) is 1.64. The monoisotopic (exact) mass is 193 g/mol. The van der Waals surface area contributed by atoms with Crippen molar-refractivity contribution in [2.24, 2.45) is 5.92 Å². The molecule has 0 aliphatic carbocycles. The zero-order valence-electron chi connectivity index (χ0n) is 8.49. The van der Waals surface area contributed by atoms with Crippen LogP contribution < -0.4 is 5.32 Å². The smallest absolute Gasteiger partial charge is 0.222 e. The van der Waals surface area contributed by atoms with Crippen LogP contribution in [-0.2, 0) is 0 Å². The van der Waals surface area contributed by atoms with Crippen molar-refractivity contribution >= 4 is 5.78 Å². The molecule has 0 fully saturated rings. The predicted octanol–water partition coefficient (Wildman–Crippen LogP) is 2.22. The first-order chi connectivity index (χ1) is 6.70. The molecule has 0 bridgehead atoms. The third-order valence-electron chi connectivity index (χ3n) is 1.64. The quantitative estimate of drug-likeness (QED) is 0.576. The molecule has 3 nitrogen and oxygen atoms in total. The average molecular weight is 193 g/mol. The topological polar surface area (TPSA) is 42.2 Å². The van der Waals surface area contributed by atoms with Crippen LogP contribution in [0.1, 0.15) is 24.4 Å². The summed E-state index contributed by atoms with van der Waals surface area (Å²) in [6.07, 6.45) is 4.62. The summed E-state index contributed by atoms with van der Waals surface area (Å²) in [4.78, 5) is 11.3. The van der Waals surface area contributed by atoms with Gasteiger partial charge in [-0.3, -0.25) is 4.79 Å². The van der Waals surface area contributed by atoms with E-state index in [4.69, 9.17) is 4.42 Å². The number of rotatable bonds is 5. The van der Waals surface area contributed by atoms with E-state index in [0.717, 1.165) is 6.54 Å². The number of ketones is 1. The van der Waals surface area contributed by atoms with E-state index in [2.05, 4.69) is 19.2 Å². The van der Waals surface area contributed by atoms with Gasteiger partial charge in [0.05, 0.1) is 6.26 Å². The first kappa shape index (κ1) is 10.6. The fourth-order valence-electron chi connectivity index (χ4n) is 0.939. The van der Waals surface area contributed by atoms with Gasteiger partial charge in [-0.15, -0.1) is 0 Å². The lowest BCUT2D eigenvalue weighted by Crippen LogP contribution is -2.13. The molecule has 76 valence electrons. The molecule has 0 radical (unpaired) electrons. The molecule has 0 spiro atoms. The summed E-state index contributed by atoms with van der Waals surface area (Å²) in [5.74, 6) is 0.817. The Morgan fingerprint density at radius 3 is 3.00 bits per heavy atom. The number of hydrogen-bond donors (Lipinski definition) is 1. The van der Waals surface area contributed by atoms with Gasteiger partial charge in [0.1, 0.15) is 0 Å². The van der Waals surface area contributed by atoms with Gasteiger partial charge in [-0.25, -0.2) is 0 Å². The van der Waals surface area contributed by atoms with Gasteiger partial charge in [-0.2, -0.15) is 0 Å². The molecule has 0 aliphatic rings. The normalized spacial score (nSPS) is 11.1. The van der Waals surface area contributed by atoms with Crippen LogP contribution in [0.2, 0.25) is 0 Å². The van der Waals surface area contributed by atoms with E-state index in [1.54, 1.807) is 18.3 Å². The van der Waals surface area contributed by atoms with Crippen LogP contribution in [0.4, 0.5) is 0 Å². The number of carbonyl (C=O) groups excluding carboxylic acids is 1. The highest BCUT2D eigenvalue weighted by atomic mass is 16.3. The lowest BCUT2D eigenvalue weighted by molar-refractivity contribution is 0.102. The van der Waals surface area contributed by atoms with E-state index in [1.165, 1.54) is 12.3 Å². The van der Waals surface area contributed by atoms with Crippen molar-refractivity contribution < 1.29 is 9.21 Å². The van der Waals surface area contributed by atoms with Crippen molar-refractivity contribution in [3.05, 3.63) is 36.4 Å². The van der Waals surface area contributed by atoms with E-state index in [9.17, 15) is 4.79 Å². The van der Waals surface area contributed by atoms with Crippen LogP contribution >= 0.6 is 0 Å². The maximum absolute atomic E-state index is 11.3. The number of hydrogen-bond acceptors (Lipinski definition) is 3. The van der Waals surface area contributed by atoms with Gasteiger partial charge in [-0.1, -0.05) is 13.8 Å². The number of allylic oxidation sites excluding steroid dienone is 1. The average Bonchev–Trinajstić information content (AvgIpc) is 2.64. The van der Waals surface area contributed by atoms with Crippen molar-refractivity contribution in [2.45, 2.75) is 13.8 Å². The number of carbonyl (C=O) groups is 1. The minimum atomic E-state index is -0.119. The second-order valence-electron chi connectivity index (χ2n) is 3.48. The zero-order chi connectivity index (χ0) is 10.4. The Bertz CT molecular complexity index is 299. The van der Waals surface area contributed by atoms with Crippen LogP contribution in [0.5, 0.6) is 0 Å². The maximum atomic E-state index is 11.3. The highest BCUT2D eigenvalue weighted by Gasteiger charge is 2.02. The second-order valence-corrected chi connectivity index (χ2v) is 3.48. The van der Waals surface area contributed by atoms with Gasteiger partial charge >= 0.3 is 0 Å². The number of nitrogens with one attached hydrogen (secondary N) is 1. The molecule has 0 aromatic carbocycles. The molecule has 0 saturated carbocycles. The number of furan rings is 1. The molecule has 0 saturated heterocycles. The van der Waals surface area contributed by atoms with Crippen LogP contribution in [-0.4, -0.2) is 12.3 Å². The Labute approximate surface area is 83.8 Å². The maximum Gasteiger partial charge on any atom is 0.222 e. The zero-order valence-corrected chi connectivity index (χ0v) is 8.49. The van der Waals surface area contributed by atoms with Gasteiger partial charge in [0.15, 0.2) is 5.76 Å². The molecule has 1 rings (SSSR count). The van der Waals surface area contributed by atoms with Crippen LogP contribution in [0, 0.1) is 5.92 Å². The standard InChI is InChI=1S/C11H15NO2/c1-9(2)8-12-6-5-10(13)11-4-3-7-14-11/h3-7,9,12H,8H2,1-2H3/b6-5-. The van der Waals surface area contributed by atoms with Gasteiger partial charge in [-0.05, 0) is 18.1 Å². The van der Waals surface area contributed by atoms with Crippen molar-refractivity contribution in [3.63, 3.8) is 0 Å². The molecule has 0 atom stereocenters. The van der Waals surface area contributed by atoms with Crippen molar-refractivity contribution in [1.29, 1.82) is 0 Å².